The molecule has 16 heavy (non-hydrogen) atoms. The van der Waals surface area contributed by atoms with Crippen molar-refractivity contribution in [3.63, 3.8) is 0 Å². The molecule has 3 N–H and O–H groups in total. The Balaban J connectivity index is 2.40. The highest BCUT2D eigenvalue weighted by Crippen LogP contribution is 2.19. The van der Waals surface area contributed by atoms with E-state index in [4.69, 9.17) is 5.73 Å². The summed E-state index contributed by atoms with van der Waals surface area (Å²) in [6.07, 6.45) is 2.51. The van der Waals surface area contributed by atoms with Crippen molar-refractivity contribution in [3.8, 4) is 0 Å². The maximum atomic E-state index is 11.0. The van der Waals surface area contributed by atoms with E-state index in [1.807, 2.05) is 6.92 Å². The van der Waals surface area contributed by atoms with E-state index >= 15 is 0 Å². The molecule has 3 unspecified atom stereocenters. The Morgan fingerprint density at radius 1 is 1.56 bits per heavy atom. The molecular weight excluding hydrogens is 202 g/mol. The zero-order chi connectivity index (χ0) is 12.1. The topological polar surface area (TPSA) is 58.4 Å². The second kappa shape index (κ2) is 6.21. The van der Waals surface area contributed by atoms with E-state index in [-0.39, 0.29) is 11.9 Å². The maximum absolute atomic E-state index is 11.0. The Bertz CT molecular complexity index is 232. The number of nitrogens with one attached hydrogen (secondary N) is 1. The van der Waals surface area contributed by atoms with Gasteiger partial charge in [0.2, 0.25) is 5.91 Å². The molecule has 1 amide bonds. The molecule has 1 aliphatic rings. The molecule has 1 rings (SSSR count). The first-order valence-corrected chi connectivity index (χ1v) is 6.32. The molecule has 0 radical (unpaired) electrons. The second-order valence-corrected chi connectivity index (χ2v) is 4.87. The number of piperidine rings is 1. The summed E-state index contributed by atoms with van der Waals surface area (Å²) in [7, 11) is 0. The van der Waals surface area contributed by atoms with E-state index in [1.54, 1.807) is 0 Å². The van der Waals surface area contributed by atoms with Gasteiger partial charge in [-0.1, -0.05) is 6.92 Å². The molecule has 0 aromatic heterocycles. The first-order valence-electron chi connectivity index (χ1n) is 6.32. The third-order valence-electron chi connectivity index (χ3n) is 3.64. The Hall–Kier alpha value is -0.610. The summed E-state index contributed by atoms with van der Waals surface area (Å²) in [4.78, 5) is 13.5. The summed E-state index contributed by atoms with van der Waals surface area (Å²) in [5.41, 5.74) is 5.26. The predicted molar refractivity (Wildman–Crippen MR) is 66.1 cm³/mol. The number of nitrogens with two attached hydrogens (primary N) is 1. The van der Waals surface area contributed by atoms with Crippen molar-refractivity contribution in [2.24, 2.45) is 11.7 Å². The van der Waals surface area contributed by atoms with Crippen LogP contribution in [-0.4, -0.2) is 42.5 Å². The van der Waals surface area contributed by atoms with Crippen molar-refractivity contribution >= 4 is 5.91 Å². The number of hydrogen-bond acceptors (Lipinski definition) is 3. The minimum absolute atomic E-state index is 0.230. The quantitative estimate of drug-likeness (QED) is 0.722. The summed E-state index contributed by atoms with van der Waals surface area (Å²) in [6.45, 7) is 9.66. The monoisotopic (exact) mass is 227 g/mol. The zero-order valence-corrected chi connectivity index (χ0v) is 10.7. The maximum Gasteiger partial charge on any atom is 0.234 e. The normalized spacial score (nSPS) is 26.3. The fourth-order valence-electron chi connectivity index (χ4n) is 2.40. The van der Waals surface area contributed by atoms with Crippen molar-refractivity contribution in [2.45, 2.75) is 45.7 Å². The predicted octanol–water partition coefficient (Wildman–Crippen LogP) is 0.570. The van der Waals surface area contributed by atoms with Crippen molar-refractivity contribution < 1.29 is 4.79 Å². The second-order valence-electron chi connectivity index (χ2n) is 4.87. The van der Waals surface area contributed by atoms with Gasteiger partial charge in [-0.25, -0.2) is 0 Å². The Labute approximate surface area is 98.6 Å². The molecule has 0 aromatic rings. The number of nitrogens with zero attached hydrogens (tertiary/aromatic N) is 1. The van der Waals surface area contributed by atoms with Crippen LogP contribution in [0.2, 0.25) is 0 Å². The highest BCUT2D eigenvalue weighted by atomic mass is 16.1. The van der Waals surface area contributed by atoms with Crippen LogP contribution in [0.4, 0.5) is 0 Å². The van der Waals surface area contributed by atoms with E-state index < -0.39 is 0 Å². The van der Waals surface area contributed by atoms with E-state index in [9.17, 15) is 4.79 Å². The summed E-state index contributed by atoms with van der Waals surface area (Å²) in [5.74, 6) is 0.366. The third kappa shape index (κ3) is 3.76. The first-order chi connectivity index (χ1) is 7.54. The average Bonchev–Trinajstić information content (AvgIpc) is 2.28. The SMILES string of the molecule is CCN1CCCC(C(C)NC(C)C(N)=O)C1. The van der Waals surface area contributed by atoms with Gasteiger partial charge in [-0.05, 0) is 45.7 Å². The van der Waals surface area contributed by atoms with Crippen LogP contribution < -0.4 is 11.1 Å². The summed E-state index contributed by atoms with van der Waals surface area (Å²) in [6, 6.07) is 0.129. The number of hydrogen-bond donors (Lipinski definition) is 2. The number of likely N-dealkylation sites (tertiary alicyclic amines) is 1. The highest BCUT2D eigenvalue weighted by Gasteiger charge is 2.25. The van der Waals surface area contributed by atoms with Gasteiger partial charge in [0.15, 0.2) is 0 Å². The lowest BCUT2D eigenvalue weighted by molar-refractivity contribution is -0.119. The molecule has 0 spiro atoms. The fraction of sp³-hybridized carbons (Fsp3) is 0.917. The van der Waals surface area contributed by atoms with Gasteiger partial charge in [0, 0.05) is 12.6 Å². The summed E-state index contributed by atoms with van der Waals surface area (Å²) in [5, 5.41) is 3.29. The molecule has 1 heterocycles. The van der Waals surface area contributed by atoms with E-state index in [0.717, 1.165) is 13.1 Å². The van der Waals surface area contributed by atoms with E-state index in [2.05, 4.69) is 24.1 Å². The van der Waals surface area contributed by atoms with E-state index in [0.29, 0.717) is 12.0 Å². The largest absolute Gasteiger partial charge is 0.368 e. The summed E-state index contributed by atoms with van der Waals surface area (Å²) >= 11 is 0. The van der Waals surface area contributed by atoms with Crippen LogP contribution in [0.5, 0.6) is 0 Å². The minimum Gasteiger partial charge on any atom is -0.368 e. The molecule has 4 nitrogen and oxygen atoms in total. The first kappa shape index (κ1) is 13.5. The van der Waals surface area contributed by atoms with Gasteiger partial charge in [-0.2, -0.15) is 0 Å². The van der Waals surface area contributed by atoms with Crippen LogP contribution in [0.3, 0.4) is 0 Å². The van der Waals surface area contributed by atoms with Gasteiger partial charge >= 0.3 is 0 Å². The molecule has 4 heteroatoms. The molecule has 0 bridgehead atoms. The molecule has 1 fully saturated rings. The number of carbonyl (C=O) groups is 1. The molecule has 1 saturated heterocycles. The van der Waals surface area contributed by atoms with Crippen molar-refractivity contribution in [1.82, 2.24) is 10.2 Å². The Morgan fingerprint density at radius 2 is 2.25 bits per heavy atom. The molecule has 3 atom stereocenters. The van der Waals surface area contributed by atoms with Crippen molar-refractivity contribution in [1.29, 1.82) is 0 Å². The Kier molecular flexibility index (Phi) is 5.22. The van der Waals surface area contributed by atoms with Crippen LogP contribution in [0.25, 0.3) is 0 Å². The highest BCUT2D eigenvalue weighted by molar-refractivity contribution is 5.79. The smallest absolute Gasteiger partial charge is 0.234 e. The van der Waals surface area contributed by atoms with Gasteiger partial charge in [-0.15, -0.1) is 0 Å². The average molecular weight is 227 g/mol. The third-order valence-corrected chi connectivity index (χ3v) is 3.64. The molecule has 0 aliphatic carbocycles. The number of amides is 1. The molecule has 0 aromatic carbocycles. The lowest BCUT2D eigenvalue weighted by atomic mass is 9.91. The number of carbonyl (C=O) groups excluding carboxylic acids is 1. The fourth-order valence-corrected chi connectivity index (χ4v) is 2.40. The van der Waals surface area contributed by atoms with Gasteiger partial charge in [0.05, 0.1) is 6.04 Å². The standard InChI is InChI=1S/C12H25N3O/c1-4-15-7-5-6-11(8-15)9(2)14-10(3)12(13)16/h9-11,14H,4-8H2,1-3H3,(H2,13,16). The van der Waals surface area contributed by atoms with Crippen LogP contribution in [-0.2, 0) is 4.79 Å². The van der Waals surface area contributed by atoms with Crippen molar-refractivity contribution in [3.05, 3.63) is 0 Å². The Morgan fingerprint density at radius 3 is 2.81 bits per heavy atom. The van der Waals surface area contributed by atoms with Crippen LogP contribution >= 0.6 is 0 Å². The molecular formula is C12H25N3O. The van der Waals surface area contributed by atoms with Gasteiger partial charge in [0.1, 0.15) is 0 Å². The van der Waals surface area contributed by atoms with E-state index in [1.165, 1.54) is 19.4 Å². The van der Waals surface area contributed by atoms with Gasteiger partial charge in [0.25, 0.3) is 0 Å². The van der Waals surface area contributed by atoms with Crippen LogP contribution in [0.1, 0.15) is 33.6 Å². The molecule has 94 valence electrons. The van der Waals surface area contributed by atoms with Crippen molar-refractivity contribution in [2.75, 3.05) is 19.6 Å². The lowest BCUT2D eigenvalue weighted by Gasteiger charge is -2.36. The van der Waals surface area contributed by atoms with Gasteiger partial charge < -0.3 is 16.0 Å². The number of primary amides is 1. The number of rotatable bonds is 5. The lowest BCUT2D eigenvalue weighted by Crippen LogP contribution is -2.50. The zero-order valence-electron chi connectivity index (χ0n) is 10.7. The minimum atomic E-state index is -0.269. The summed E-state index contributed by atoms with van der Waals surface area (Å²) < 4.78 is 0. The molecule has 1 aliphatic heterocycles. The molecule has 0 saturated carbocycles. The van der Waals surface area contributed by atoms with Crippen LogP contribution in [0, 0.1) is 5.92 Å². The van der Waals surface area contributed by atoms with Crippen LogP contribution in [0.15, 0.2) is 0 Å². The van der Waals surface area contributed by atoms with Gasteiger partial charge in [-0.3, -0.25) is 4.79 Å².